The van der Waals surface area contributed by atoms with Crippen LogP contribution in [0.25, 0.3) is 0 Å². The molecule has 0 spiro atoms. The van der Waals surface area contributed by atoms with Gasteiger partial charge in [0.25, 0.3) is 0 Å². The quantitative estimate of drug-likeness (QED) is 0.137. The lowest BCUT2D eigenvalue weighted by atomic mass is 9.75. The lowest BCUT2D eigenvalue weighted by Gasteiger charge is -2.30. The Labute approximate surface area is 190 Å². The summed E-state index contributed by atoms with van der Waals surface area (Å²) in [6.07, 6.45) is 18.1. The fourth-order valence-corrected chi connectivity index (χ4v) is 4.99. The second-order valence-corrected chi connectivity index (χ2v) is 10.3. The second-order valence-electron chi connectivity index (χ2n) is 9.47. The standard InChI is InChI=1S/C25H46Cl2O2/c1-20(2)22(24(21(3)4)25(27)29)18-16-14-12-10-8-6-5-7-9-11-13-15-17-19-23(26)28/h20-22,24H,5-19H2,1-4H3. The van der Waals surface area contributed by atoms with Crippen LogP contribution in [0.3, 0.4) is 0 Å². The fraction of sp³-hybridized carbons (Fsp3) is 0.920. The Morgan fingerprint density at radius 2 is 0.966 bits per heavy atom. The van der Waals surface area contributed by atoms with E-state index < -0.39 is 0 Å². The molecule has 0 saturated carbocycles. The Kier molecular flexibility index (Phi) is 18.6. The van der Waals surface area contributed by atoms with Crippen LogP contribution in [0.1, 0.15) is 124 Å². The average molecular weight is 450 g/mol. The van der Waals surface area contributed by atoms with Crippen LogP contribution in [0.15, 0.2) is 0 Å². The van der Waals surface area contributed by atoms with Crippen LogP contribution < -0.4 is 0 Å². The minimum Gasteiger partial charge on any atom is -0.281 e. The maximum atomic E-state index is 11.9. The molecule has 2 atom stereocenters. The molecule has 2 unspecified atom stereocenters. The van der Waals surface area contributed by atoms with Crippen LogP contribution >= 0.6 is 23.2 Å². The lowest BCUT2D eigenvalue weighted by molar-refractivity contribution is -0.119. The normalized spacial score (nSPS) is 13.8. The van der Waals surface area contributed by atoms with Crippen LogP contribution in [0.5, 0.6) is 0 Å². The third kappa shape index (κ3) is 16.3. The number of carbonyl (C=O) groups is 2. The van der Waals surface area contributed by atoms with E-state index in [0.717, 1.165) is 19.3 Å². The summed E-state index contributed by atoms with van der Waals surface area (Å²) in [5, 5.41) is -0.348. The zero-order valence-corrected chi connectivity index (χ0v) is 21.0. The van der Waals surface area contributed by atoms with Gasteiger partial charge in [-0.15, -0.1) is 0 Å². The summed E-state index contributed by atoms with van der Waals surface area (Å²) < 4.78 is 0. The van der Waals surface area contributed by atoms with E-state index in [4.69, 9.17) is 23.2 Å². The molecule has 0 heterocycles. The van der Waals surface area contributed by atoms with Gasteiger partial charge in [0, 0.05) is 12.3 Å². The molecule has 0 bridgehead atoms. The Balaban J connectivity index is 3.60. The highest BCUT2D eigenvalue weighted by Gasteiger charge is 2.31. The van der Waals surface area contributed by atoms with E-state index in [1.165, 1.54) is 70.6 Å². The molecule has 2 nitrogen and oxygen atoms in total. The van der Waals surface area contributed by atoms with Gasteiger partial charge < -0.3 is 0 Å². The molecule has 0 saturated heterocycles. The molecule has 0 aromatic rings. The van der Waals surface area contributed by atoms with Gasteiger partial charge in [-0.3, -0.25) is 9.59 Å². The molecule has 0 aliphatic carbocycles. The molecule has 0 rings (SSSR count). The van der Waals surface area contributed by atoms with Crippen molar-refractivity contribution in [3.63, 3.8) is 0 Å². The van der Waals surface area contributed by atoms with E-state index in [2.05, 4.69) is 27.7 Å². The minimum atomic E-state index is -0.199. The van der Waals surface area contributed by atoms with Gasteiger partial charge in [0.15, 0.2) is 0 Å². The van der Waals surface area contributed by atoms with Crippen molar-refractivity contribution in [1.82, 2.24) is 0 Å². The van der Waals surface area contributed by atoms with Gasteiger partial charge in [0.1, 0.15) is 0 Å². The smallest absolute Gasteiger partial charge is 0.225 e. The highest BCUT2D eigenvalue weighted by atomic mass is 35.5. The molecule has 0 amide bonds. The zero-order valence-electron chi connectivity index (χ0n) is 19.5. The number of hydrogen-bond donors (Lipinski definition) is 0. The first-order chi connectivity index (χ1) is 13.8. The van der Waals surface area contributed by atoms with E-state index in [0.29, 0.717) is 24.2 Å². The summed E-state index contributed by atoms with van der Waals surface area (Å²) in [4.78, 5) is 22.5. The molecular weight excluding hydrogens is 403 g/mol. The van der Waals surface area contributed by atoms with E-state index in [-0.39, 0.29) is 16.4 Å². The fourth-order valence-electron chi connectivity index (χ4n) is 4.44. The van der Waals surface area contributed by atoms with Crippen molar-refractivity contribution >= 4 is 33.7 Å². The van der Waals surface area contributed by atoms with Crippen molar-refractivity contribution in [2.24, 2.45) is 23.7 Å². The molecule has 0 aromatic carbocycles. The van der Waals surface area contributed by atoms with Crippen molar-refractivity contribution < 1.29 is 9.59 Å². The first-order valence-electron chi connectivity index (χ1n) is 12.1. The highest BCUT2D eigenvalue weighted by molar-refractivity contribution is 6.64. The zero-order chi connectivity index (χ0) is 22.1. The molecule has 0 aliphatic rings. The van der Waals surface area contributed by atoms with Crippen LogP contribution in [0, 0.1) is 23.7 Å². The summed E-state index contributed by atoms with van der Waals surface area (Å²) in [7, 11) is 0. The third-order valence-electron chi connectivity index (χ3n) is 6.21. The number of hydrogen-bond acceptors (Lipinski definition) is 2. The highest BCUT2D eigenvalue weighted by Crippen LogP contribution is 2.33. The van der Waals surface area contributed by atoms with Crippen molar-refractivity contribution in [3.05, 3.63) is 0 Å². The monoisotopic (exact) mass is 448 g/mol. The predicted octanol–water partition coefficient (Wildman–Crippen LogP) is 8.91. The molecule has 0 aliphatic heterocycles. The van der Waals surface area contributed by atoms with Gasteiger partial charge in [-0.2, -0.15) is 0 Å². The molecule has 4 heteroatoms. The third-order valence-corrected chi connectivity index (χ3v) is 6.65. The van der Waals surface area contributed by atoms with E-state index >= 15 is 0 Å². The van der Waals surface area contributed by atoms with Gasteiger partial charge in [-0.25, -0.2) is 0 Å². The topological polar surface area (TPSA) is 34.1 Å². The molecule has 0 fully saturated rings. The van der Waals surface area contributed by atoms with Crippen molar-refractivity contribution in [2.75, 3.05) is 0 Å². The number of unbranched alkanes of at least 4 members (excludes halogenated alkanes) is 12. The number of carbonyl (C=O) groups excluding carboxylic acids is 2. The largest absolute Gasteiger partial charge is 0.281 e. The second kappa shape index (κ2) is 18.7. The van der Waals surface area contributed by atoms with Crippen LogP contribution in [0.2, 0.25) is 0 Å². The maximum Gasteiger partial charge on any atom is 0.225 e. The predicted molar refractivity (Wildman–Crippen MR) is 128 cm³/mol. The van der Waals surface area contributed by atoms with Gasteiger partial charge in [0.05, 0.1) is 0 Å². The lowest BCUT2D eigenvalue weighted by Crippen LogP contribution is -2.29. The van der Waals surface area contributed by atoms with Gasteiger partial charge >= 0.3 is 0 Å². The SMILES string of the molecule is CC(C)C(CCCCCCCCCCCCCCCC(=O)Cl)C(C(=O)Cl)C(C)C. The molecule has 172 valence electrons. The number of halogens is 2. The summed E-state index contributed by atoms with van der Waals surface area (Å²) in [5.74, 6) is 1.24. The Morgan fingerprint density at radius 3 is 1.28 bits per heavy atom. The molecule has 0 aromatic heterocycles. The van der Waals surface area contributed by atoms with E-state index in [9.17, 15) is 9.59 Å². The Morgan fingerprint density at radius 1 is 0.586 bits per heavy atom. The molecule has 29 heavy (non-hydrogen) atoms. The minimum absolute atomic E-state index is 0.000475. The van der Waals surface area contributed by atoms with E-state index in [1.807, 2.05) is 0 Å². The Hall–Kier alpha value is -0.0800. The number of rotatable bonds is 20. The van der Waals surface area contributed by atoms with Gasteiger partial charge in [-0.1, -0.05) is 105 Å². The molecule has 0 N–H and O–H groups in total. The van der Waals surface area contributed by atoms with Crippen LogP contribution in [-0.2, 0) is 9.59 Å². The van der Waals surface area contributed by atoms with Crippen LogP contribution in [-0.4, -0.2) is 10.5 Å². The van der Waals surface area contributed by atoms with Crippen molar-refractivity contribution in [3.8, 4) is 0 Å². The molecule has 0 radical (unpaired) electrons. The average Bonchev–Trinajstić information content (AvgIpc) is 2.62. The van der Waals surface area contributed by atoms with Crippen molar-refractivity contribution in [2.45, 2.75) is 124 Å². The first kappa shape index (κ1) is 28.9. The summed E-state index contributed by atoms with van der Waals surface area (Å²) in [6.45, 7) is 8.68. The van der Waals surface area contributed by atoms with Gasteiger partial charge in [-0.05, 0) is 53.8 Å². The van der Waals surface area contributed by atoms with Crippen molar-refractivity contribution in [1.29, 1.82) is 0 Å². The summed E-state index contributed by atoms with van der Waals surface area (Å²) in [5.41, 5.74) is 0. The molecular formula is C25H46Cl2O2. The first-order valence-corrected chi connectivity index (χ1v) is 12.9. The van der Waals surface area contributed by atoms with Crippen LogP contribution in [0.4, 0.5) is 0 Å². The summed E-state index contributed by atoms with van der Waals surface area (Å²) >= 11 is 11.2. The Bertz CT molecular complexity index is 421. The maximum absolute atomic E-state index is 11.9. The van der Waals surface area contributed by atoms with E-state index in [1.54, 1.807) is 0 Å². The summed E-state index contributed by atoms with van der Waals surface area (Å²) in [6, 6.07) is 0. The van der Waals surface area contributed by atoms with Gasteiger partial charge in [0.2, 0.25) is 10.5 Å².